The number of rotatable bonds is 4. The molecule has 2 rings (SSSR count). The predicted octanol–water partition coefficient (Wildman–Crippen LogP) is 2.36. The summed E-state index contributed by atoms with van der Waals surface area (Å²) in [6.07, 6.45) is 0.860. The average molecular weight is 215 g/mol. The lowest BCUT2D eigenvalue weighted by Crippen LogP contribution is -2.27. The lowest BCUT2D eigenvalue weighted by molar-refractivity contribution is 0.180. The zero-order chi connectivity index (χ0) is 11.4. The summed E-state index contributed by atoms with van der Waals surface area (Å²) in [6, 6.07) is 14.9. The maximum Gasteiger partial charge on any atom is 0.0616 e. The first-order chi connectivity index (χ1) is 7.79. The molecule has 0 radical (unpaired) electrons. The molecular weight excluding hydrogens is 198 g/mol. The van der Waals surface area contributed by atoms with Crippen molar-refractivity contribution >= 4 is 10.8 Å². The maximum atomic E-state index is 5.94. The molecule has 0 amide bonds. The number of nitrogens with two attached hydrogens (primary N) is 1. The topological polar surface area (TPSA) is 35.2 Å². The molecule has 0 unspecified atom stereocenters. The van der Waals surface area contributed by atoms with Gasteiger partial charge in [0.25, 0.3) is 0 Å². The van der Waals surface area contributed by atoms with E-state index < -0.39 is 0 Å². The van der Waals surface area contributed by atoms with E-state index in [1.165, 1.54) is 16.3 Å². The largest absolute Gasteiger partial charge is 0.383 e. The molecule has 0 aliphatic rings. The van der Waals surface area contributed by atoms with Crippen LogP contribution in [0.5, 0.6) is 0 Å². The second-order valence-corrected chi connectivity index (χ2v) is 4.10. The van der Waals surface area contributed by atoms with Gasteiger partial charge in [-0.25, -0.2) is 0 Å². The molecule has 0 fully saturated rings. The van der Waals surface area contributed by atoms with Crippen LogP contribution in [0.15, 0.2) is 42.5 Å². The normalized spacial score (nSPS) is 12.9. The van der Waals surface area contributed by atoms with Crippen LogP contribution in [0.3, 0.4) is 0 Å². The molecule has 0 bridgehead atoms. The van der Waals surface area contributed by atoms with E-state index in [0.717, 1.165) is 6.42 Å². The molecule has 1 atom stereocenters. The summed E-state index contributed by atoms with van der Waals surface area (Å²) in [5, 5.41) is 2.54. The van der Waals surface area contributed by atoms with E-state index in [4.69, 9.17) is 10.5 Å². The third kappa shape index (κ3) is 2.60. The smallest absolute Gasteiger partial charge is 0.0616 e. The van der Waals surface area contributed by atoms with Gasteiger partial charge in [0, 0.05) is 13.2 Å². The van der Waals surface area contributed by atoms with Crippen LogP contribution in [-0.2, 0) is 11.2 Å². The van der Waals surface area contributed by atoms with E-state index in [-0.39, 0.29) is 6.04 Å². The van der Waals surface area contributed by atoms with Crippen LogP contribution < -0.4 is 5.73 Å². The molecule has 16 heavy (non-hydrogen) atoms. The van der Waals surface area contributed by atoms with Crippen LogP contribution >= 0.6 is 0 Å². The number of hydrogen-bond acceptors (Lipinski definition) is 2. The third-order valence-electron chi connectivity index (χ3n) is 2.69. The second kappa shape index (κ2) is 5.10. The van der Waals surface area contributed by atoms with Crippen molar-refractivity contribution in [2.45, 2.75) is 12.5 Å². The maximum absolute atomic E-state index is 5.94. The third-order valence-corrected chi connectivity index (χ3v) is 2.69. The van der Waals surface area contributed by atoms with Gasteiger partial charge in [-0.15, -0.1) is 0 Å². The van der Waals surface area contributed by atoms with E-state index in [1.54, 1.807) is 7.11 Å². The Balaban J connectivity index is 2.19. The van der Waals surface area contributed by atoms with Gasteiger partial charge in [0.2, 0.25) is 0 Å². The van der Waals surface area contributed by atoms with Gasteiger partial charge in [-0.05, 0) is 22.8 Å². The van der Waals surface area contributed by atoms with Gasteiger partial charge in [-0.2, -0.15) is 0 Å². The molecule has 2 aromatic rings. The summed E-state index contributed by atoms with van der Waals surface area (Å²) in [5.41, 5.74) is 7.20. The van der Waals surface area contributed by atoms with E-state index in [0.29, 0.717) is 6.61 Å². The lowest BCUT2D eigenvalue weighted by Gasteiger charge is -2.10. The van der Waals surface area contributed by atoms with Gasteiger partial charge in [0.05, 0.1) is 6.61 Å². The quantitative estimate of drug-likeness (QED) is 0.849. The SMILES string of the molecule is COC[C@H](N)Cc1ccc2ccccc2c1. The molecule has 84 valence electrons. The van der Waals surface area contributed by atoms with Crippen molar-refractivity contribution in [3.05, 3.63) is 48.0 Å². The average Bonchev–Trinajstić information content (AvgIpc) is 2.29. The van der Waals surface area contributed by atoms with E-state index >= 15 is 0 Å². The highest BCUT2D eigenvalue weighted by molar-refractivity contribution is 5.82. The standard InChI is InChI=1S/C14H17NO/c1-16-10-14(15)9-11-6-7-12-4-2-3-5-13(12)8-11/h2-8,14H,9-10,15H2,1H3/t14-/m1/s1. The zero-order valence-corrected chi connectivity index (χ0v) is 9.52. The zero-order valence-electron chi connectivity index (χ0n) is 9.52. The summed E-state index contributed by atoms with van der Waals surface area (Å²) >= 11 is 0. The van der Waals surface area contributed by atoms with Crippen molar-refractivity contribution in [1.82, 2.24) is 0 Å². The summed E-state index contributed by atoms with van der Waals surface area (Å²) < 4.78 is 5.04. The minimum Gasteiger partial charge on any atom is -0.383 e. The summed E-state index contributed by atoms with van der Waals surface area (Å²) in [7, 11) is 1.68. The van der Waals surface area contributed by atoms with Crippen LogP contribution in [-0.4, -0.2) is 19.8 Å². The first-order valence-electron chi connectivity index (χ1n) is 5.52. The van der Waals surface area contributed by atoms with Crippen LogP contribution in [0.4, 0.5) is 0 Å². The molecule has 0 aromatic heterocycles. The van der Waals surface area contributed by atoms with Crippen molar-refractivity contribution in [3.63, 3.8) is 0 Å². The molecule has 2 heteroatoms. The Hall–Kier alpha value is -1.38. The highest BCUT2D eigenvalue weighted by Gasteiger charge is 2.03. The van der Waals surface area contributed by atoms with Crippen LogP contribution in [0, 0.1) is 0 Å². The van der Waals surface area contributed by atoms with E-state index in [9.17, 15) is 0 Å². The molecule has 0 aliphatic heterocycles. The summed E-state index contributed by atoms with van der Waals surface area (Å²) in [5.74, 6) is 0. The van der Waals surface area contributed by atoms with Gasteiger partial charge in [-0.1, -0.05) is 42.5 Å². The van der Waals surface area contributed by atoms with Crippen molar-refractivity contribution in [2.75, 3.05) is 13.7 Å². The van der Waals surface area contributed by atoms with E-state index in [1.807, 2.05) is 0 Å². The monoisotopic (exact) mass is 215 g/mol. The number of ether oxygens (including phenoxy) is 1. The molecule has 0 aliphatic carbocycles. The van der Waals surface area contributed by atoms with Crippen molar-refractivity contribution in [2.24, 2.45) is 5.73 Å². The highest BCUT2D eigenvalue weighted by Crippen LogP contribution is 2.16. The molecule has 2 nitrogen and oxygen atoms in total. The molecule has 2 aromatic carbocycles. The Morgan fingerprint density at radius 2 is 1.88 bits per heavy atom. The Morgan fingerprint density at radius 3 is 2.62 bits per heavy atom. The van der Waals surface area contributed by atoms with E-state index in [2.05, 4.69) is 42.5 Å². The second-order valence-electron chi connectivity index (χ2n) is 4.10. The Bertz CT molecular complexity index is 467. The molecule has 0 saturated carbocycles. The lowest BCUT2D eigenvalue weighted by atomic mass is 10.0. The van der Waals surface area contributed by atoms with Gasteiger partial charge >= 0.3 is 0 Å². The first-order valence-corrected chi connectivity index (χ1v) is 5.52. The number of fused-ring (bicyclic) bond motifs is 1. The molecule has 2 N–H and O–H groups in total. The number of methoxy groups -OCH3 is 1. The van der Waals surface area contributed by atoms with Gasteiger partial charge in [-0.3, -0.25) is 0 Å². The minimum absolute atomic E-state index is 0.0752. The Kier molecular flexibility index (Phi) is 3.54. The minimum atomic E-state index is 0.0752. The Labute approximate surface area is 96.0 Å². The molecule has 0 saturated heterocycles. The molecular formula is C14H17NO. The van der Waals surface area contributed by atoms with Gasteiger partial charge in [0.1, 0.15) is 0 Å². The molecule has 0 heterocycles. The number of hydrogen-bond donors (Lipinski definition) is 1. The van der Waals surface area contributed by atoms with Crippen LogP contribution in [0.25, 0.3) is 10.8 Å². The van der Waals surface area contributed by atoms with Crippen LogP contribution in [0.2, 0.25) is 0 Å². The summed E-state index contributed by atoms with van der Waals surface area (Å²) in [6.45, 7) is 0.604. The summed E-state index contributed by atoms with van der Waals surface area (Å²) in [4.78, 5) is 0. The predicted molar refractivity (Wildman–Crippen MR) is 67.5 cm³/mol. The fourth-order valence-electron chi connectivity index (χ4n) is 1.94. The Morgan fingerprint density at radius 1 is 1.12 bits per heavy atom. The number of benzene rings is 2. The highest BCUT2D eigenvalue weighted by atomic mass is 16.5. The fraction of sp³-hybridized carbons (Fsp3) is 0.286. The first kappa shape index (κ1) is 11.1. The van der Waals surface area contributed by atoms with Crippen molar-refractivity contribution < 1.29 is 4.74 Å². The molecule has 0 spiro atoms. The van der Waals surface area contributed by atoms with Crippen molar-refractivity contribution in [1.29, 1.82) is 0 Å². The fourth-order valence-corrected chi connectivity index (χ4v) is 1.94. The van der Waals surface area contributed by atoms with Crippen molar-refractivity contribution in [3.8, 4) is 0 Å². The van der Waals surface area contributed by atoms with Gasteiger partial charge < -0.3 is 10.5 Å². The van der Waals surface area contributed by atoms with Gasteiger partial charge in [0.15, 0.2) is 0 Å². The van der Waals surface area contributed by atoms with Crippen LogP contribution in [0.1, 0.15) is 5.56 Å².